The molecule has 1 heterocycles. The van der Waals surface area contributed by atoms with Crippen molar-refractivity contribution in [3.8, 4) is 0 Å². The van der Waals surface area contributed by atoms with Crippen molar-refractivity contribution in [2.75, 3.05) is 55.9 Å². The number of rotatable bonds is 15. The maximum absolute atomic E-state index is 15.1. The zero-order valence-electron chi connectivity index (χ0n) is 56.1. The number of carbonyl (C=O) groups is 11. The minimum Gasteiger partial charge on any atom is -0.390 e. The number of carbonyl (C=O) groups excluding carboxylic acids is 11. The monoisotopic (exact) mass is 1200 g/mol. The molecule has 23 nitrogen and oxygen atoms in total. The van der Waals surface area contributed by atoms with Crippen LogP contribution in [0.25, 0.3) is 0 Å². The van der Waals surface area contributed by atoms with Crippen LogP contribution < -0.4 is 21.3 Å². The summed E-state index contributed by atoms with van der Waals surface area (Å²) in [6.45, 7) is 29.3. The molecule has 0 spiro atoms. The zero-order valence-corrected chi connectivity index (χ0v) is 56.1. The highest BCUT2D eigenvalue weighted by atomic mass is 16.3. The standard InChI is InChI=1S/C62H111N11O12/c1-25-27-28-40(15)52(75)51-56(79)65-43(26-2)58(81)67(18)33-48(74)68(19)44(29-34(3)4)55(78)66-49(38(11)12)61(84)69(20)45(30-35(5)6)54(77)63-41(16)53(76)64-42(17)57(80)70(21)46(31-36(7)8)59(82)71(22)47(32-37(9)10)60(83)72(23)50(39(13)14)62(85)73(51)24/h25,27,34-47,49-52,75H,26,28-33H2,1-24H3,(H,63,77)(H,64,76)(H,65,79)(H,66,78)/b27-25+/t40-,41+,42-,43+,44-,45-,46?,47-,49+,50-,51+,52-/m1/s1. The van der Waals surface area contributed by atoms with Gasteiger partial charge in [-0.15, -0.1) is 0 Å². The van der Waals surface area contributed by atoms with E-state index in [1.54, 1.807) is 54.5 Å². The van der Waals surface area contributed by atoms with Crippen LogP contribution in [-0.4, -0.2) is 227 Å². The van der Waals surface area contributed by atoms with E-state index >= 15 is 9.59 Å². The molecule has 12 atom stereocenters. The number of hydrogen-bond acceptors (Lipinski definition) is 12. The molecule has 5 N–H and O–H groups in total. The van der Waals surface area contributed by atoms with E-state index in [0.29, 0.717) is 6.42 Å². The first-order chi connectivity index (χ1) is 39.2. The topological polar surface area (TPSA) is 279 Å². The molecule has 0 aliphatic carbocycles. The lowest BCUT2D eigenvalue weighted by molar-refractivity contribution is -0.157. The quantitative estimate of drug-likeness (QED) is 0.148. The molecule has 23 heteroatoms. The van der Waals surface area contributed by atoms with Crippen molar-refractivity contribution < 1.29 is 57.8 Å². The Bertz CT molecular complexity index is 2330. The van der Waals surface area contributed by atoms with Gasteiger partial charge in [0, 0.05) is 49.3 Å². The van der Waals surface area contributed by atoms with Gasteiger partial charge in [0.15, 0.2) is 0 Å². The summed E-state index contributed by atoms with van der Waals surface area (Å²) >= 11 is 0. The Morgan fingerprint density at radius 3 is 1.32 bits per heavy atom. The molecule has 11 amide bonds. The minimum absolute atomic E-state index is 0.0229. The number of allylic oxidation sites excluding steroid dienone is 2. The molecule has 1 aliphatic rings. The van der Waals surface area contributed by atoms with Crippen LogP contribution in [-0.2, 0) is 52.7 Å². The smallest absolute Gasteiger partial charge is 0.246 e. The van der Waals surface area contributed by atoms with Gasteiger partial charge in [-0.1, -0.05) is 109 Å². The van der Waals surface area contributed by atoms with Crippen molar-refractivity contribution in [2.24, 2.45) is 41.4 Å². The molecule has 1 rings (SSSR count). The minimum atomic E-state index is -1.61. The van der Waals surface area contributed by atoms with Crippen molar-refractivity contribution >= 4 is 65.0 Å². The molecule has 0 aromatic carbocycles. The maximum atomic E-state index is 15.1. The molecule has 486 valence electrons. The van der Waals surface area contributed by atoms with Crippen molar-refractivity contribution in [2.45, 2.75) is 223 Å². The third kappa shape index (κ3) is 21.7. The summed E-state index contributed by atoms with van der Waals surface area (Å²) in [5.41, 5.74) is 0. The summed E-state index contributed by atoms with van der Waals surface area (Å²) < 4.78 is 0. The largest absolute Gasteiger partial charge is 0.390 e. The van der Waals surface area contributed by atoms with Crippen LogP contribution in [0.1, 0.15) is 156 Å². The van der Waals surface area contributed by atoms with E-state index in [1.165, 1.54) is 87.7 Å². The molecule has 0 bridgehead atoms. The molecule has 0 aromatic heterocycles. The number of amides is 11. The fraction of sp³-hybridized carbons (Fsp3) is 0.790. The average Bonchev–Trinajstić information content (AvgIpc) is 3.62. The number of likely N-dealkylation sites (N-methyl/N-ethyl adjacent to an activating group) is 7. The van der Waals surface area contributed by atoms with Gasteiger partial charge in [0.2, 0.25) is 65.0 Å². The molecule has 0 radical (unpaired) electrons. The SMILES string of the molecule is C/C=C/C[C@@H](C)[C@@H](O)[C@H]1C(=O)N[C@@H](CC)C(=O)N(C)CC(=O)N(C)[C@H](CC(C)C)C(=O)N[C@@H](C(C)C)C(=O)N(C)[C@H](CC(C)C)C(=O)N[C@@H](C)C(=O)N[C@H](C)C(=O)N(C)C(CC(C)C)C(=O)N(C)[C@H](CC(C)C)C(=O)N(C)[C@H](C(C)C)C(=O)N1C. The van der Waals surface area contributed by atoms with Crippen LogP contribution in [0.5, 0.6) is 0 Å². The second-order valence-electron chi connectivity index (χ2n) is 26.1. The molecular weight excluding hydrogens is 1090 g/mol. The Labute approximate surface area is 508 Å². The second kappa shape index (κ2) is 34.9. The lowest BCUT2D eigenvalue weighted by Crippen LogP contribution is -2.63. The molecular formula is C62H111N11O12. The van der Waals surface area contributed by atoms with Gasteiger partial charge in [0.25, 0.3) is 0 Å². The predicted octanol–water partition coefficient (Wildman–Crippen LogP) is 3.27. The van der Waals surface area contributed by atoms with Crippen LogP contribution in [0.4, 0.5) is 0 Å². The number of aliphatic hydroxyl groups excluding tert-OH is 1. The Morgan fingerprint density at radius 2 is 0.871 bits per heavy atom. The van der Waals surface area contributed by atoms with E-state index in [1.807, 2.05) is 61.5 Å². The van der Waals surface area contributed by atoms with Crippen LogP contribution in [0.2, 0.25) is 0 Å². The first kappa shape index (κ1) is 76.9. The summed E-state index contributed by atoms with van der Waals surface area (Å²) in [6.07, 6.45) is 3.04. The molecule has 1 unspecified atom stereocenters. The average molecular weight is 1200 g/mol. The first-order valence-corrected chi connectivity index (χ1v) is 30.6. The Balaban J connectivity index is 4.32. The summed E-state index contributed by atoms with van der Waals surface area (Å²) in [6, 6.07) is -12.3. The van der Waals surface area contributed by atoms with Gasteiger partial charge >= 0.3 is 0 Å². The highest BCUT2D eigenvalue weighted by molar-refractivity contribution is 5.99. The van der Waals surface area contributed by atoms with E-state index in [4.69, 9.17) is 0 Å². The van der Waals surface area contributed by atoms with Gasteiger partial charge in [-0.2, -0.15) is 0 Å². The lowest BCUT2D eigenvalue weighted by Gasteiger charge is -2.41. The zero-order chi connectivity index (χ0) is 66.0. The van der Waals surface area contributed by atoms with Crippen LogP contribution in [0.3, 0.4) is 0 Å². The Kier molecular flexibility index (Phi) is 31.5. The van der Waals surface area contributed by atoms with E-state index in [0.717, 1.165) is 9.80 Å². The van der Waals surface area contributed by atoms with E-state index in [9.17, 15) is 48.3 Å². The summed E-state index contributed by atoms with van der Waals surface area (Å²) in [5, 5.41) is 23.1. The van der Waals surface area contributed by atoms with E-state index < -0.39 is 156 Å². The van der Waals surface area contributed by atoms with Crippen LogP contribution in [0, 0.1) is 41.4 Å². The highest BCUT2D eigenvalue weighted by Crippen LogP contribution is 2.26. The van der Waals surface area contributed by atoms with Gasteiger partial charge in [-0.3, -0.25) is 52.7 Å². The molecule has 0 saturated carbocycles. The Morgan fingerprint density at radius 1 is 0.459 bits per heavy atom. The van der Waals surface area contributed by atoms with Crippen molar-refractivity contribution in [1.82, 2.24) is 55.6 Å². The summed E-state index contributed by atoms with van der Waals surface area (Å²) in [7, 11) is 9.92. The maximum Gasteiger partial charge on any atom is 0.246 e. The van der Waals surface area contributed by atoms with Gasteiger partial charge in [0.05, 0.1) is 12.6 Å². The normalized spacial score (nSPS) is 26.9. The third-order valence-electron chi connectivity index (χ3n) is 16.1. The molecule has 1 aliphatic heterocycles. The van der Waals surface area contributed by atoms with Crippen molar-refractivity contribution in [3.05, 3.63) is 12.2 Å². The number of aliphatic hydroxyl groups is 1. The second-order valence-corrected chi connectivity index (χ2v) is 26.1. The van der Waals surface area contributed by atoms with Crippen LogP contribution >= 0.6 is 0 Å². The summed E-state index contributed by atoms with van der Waals surface area (Å²) in [4.78, 5) is 169. The van der Waals surface area contributed by atoms with Crippen LogP contribution in [0.15, 0.2) is 12.2 Å². The number of hydrogen-bond donors (Lipinski definition) is 5. The molecule has 1 fully saturated rings. The molecule has 0 aromatic rings. The lowest BCUT2D eigenvalue weighted by atomic mass is 9.91. The van der Waals surface area contributed by atoms with Gasteiger partial charge in [-0.05, 0) is 101 Å². The fourth-order valence-electron chi connectivity index (χ4n) is 10.7. The van der Waals surface area contributed by atoms with Crippen molar-refractivity contribution in [3.63, 3.8) is 0 Å². The van der Waals surface area contributed by atoms with Gasteiger partial charge < -0.3 is 60.7 Å². The molecule has 85 heavy (non-hydrogen) atoms. The molecule has 1 saturated heterocycles. The predicted molar refractivity (Wildman–Crippen MR) is 328 cm³/mol. The number of nitrogens with one attached hydrogen (secondary N) is 4. The van der Waals surface area contributed by atoms with Gasteiger partial charge in [-0.25, -0.2) is 0 Å². The highest BCUT2D eigenvalue weighted by Gasteiger charge is 2.45. The fourth-order valence-corrected chi connectivity index (χ4v) is 10.7. The Hall–Kier alpha value is -6.13. The van der Waals surface area contributed by atoms with E-state index in [2.05, 4.69) is 21.3 Å². The van der Waals surface area contributed by atoms with E-state index in [-0.39, 0.29) is 55.8 Å². The first-order valence-electron chi connectivity index (χ1n) is 30.6. The third-order valence-corrected chi connectivity index (χ3v) is 16.1. The number of nitrogens with zero attached hydrogens (tertiary/aromatic N) is 7. The summed E-state index contributed by atoms with van der Waals surface area (Å²) in [5.74, 6) is -9.71. The van der Waals surface area contributed by atoms with Gasteiger partial charge in [0.1, 0.15) is 60.4 Å². The van der Waals surface area contributed by atoms with Crippen molar-refractivity contribution in [1.29, 1.82) is 0 Å².